The van der Waals surface area contributed by atoms with Gasteiger partial charge < -0.3 is 15.3 Å². The van der Waals surface area contributed by atoms with Crippen LogP contribution in [0.1, 0.15) is 36.0 Å². The van der Waals surface area contributed by atoms with Crippen LogP contribution in [0.3, 0.4) is 0 Å². The van der Waals surface area contributed by atoms with E-state index in [4.69, 9.17) is 0 Å². The summed E-state index contributed by atoms with van der Waals surface area (Å²) in [6, 6.07) is 18.2. The van der Waals surface area contributed by atoms with Gasteiger partial charge in [0, 0.05) is 24.4 Å². The van der Waals surface area contributed by atoms with E-state index in [2.05, 4.69) is 65.6 Å². The number of pyridine rings is 1. The molecule has 2 heterocycles. The van der Waals surface area contributed by atoms with Crippen molar-refractivity contribution in [1.29, 1.82) is 0 Å². The lowest BCUT2D eigenvalue weighted by molar-refractivity contribution is 0.514. The molecule has 158 valence electrons. The lowest BCUT2D eigenvalue weighted by Crippen LogP contribution is -2.30. The van der Waals surface area contributed by atoms with Crippen LogP contribution in [0, 0.1) is 6.92 Å². The Morgan fingerprint density at radius 2 is 1.65 bits per heavy atom. The summed E-state index contributed by atoms with van der Waals surface area (Å²) >= 11 is 0. The molecule has 4 nitrogen and oxygen atoms in total. The number of nitrogens with zero attached hydrogens (tertiary/aromatic N) is 2. The van der Waals surface area contributed by atoms with Crippen molar-refractivity contribution in [2.24, 2.45) is 0 Å². The molecule has 0 saturated carbocycles. The van der Waals surface area contributed by atoms with Crippen molar-refractivity contribution in [1.82, 2.24) is 4.98 Å². The third kappa shape index (κ3) is 4.80. The Hall–Kier alpha value is -3.53. The predicted octanol–water partition coefficient (Wildman–Crippen LogP) is 6.66. The van der Waals surface area contributed by atoms with Gasteiger partial charge in [0.2, 0.25) is 0 Å². The second-order valence-corrected chi connectivity index (χ2v) is 8.11. The Morgan fingerprint density at radius 1 is 0.935 bits per heavy atom. The van der Waals surface area contributed by atoms with E-state index < -0.39 is 0 Å². The van der Waals surface area contributed by atoms with E-state index in [1.54, 1.807) is 0 Å². The number of aliphatic hydroxyl groups is 1. The average Bonchev–Trinajstić information content (AvgIpc) is 2.80. The molecule has 31 heavy (non-hydrogen) atoms. The number of aromatic nitrogens is 1. The van der Waals surface area contributed by atoms with E-state index >= 15 is 0 Å². The first-order valence-corrected chi connectivity index (χ1v) is 10.8. The van der Waals surface area contributed by atoms with Crippen LogP contribution in [0.5, 0.6) is 0 Å². The molecule has 2 N–H and O–H groups in total. The van der Waals surface area contributed by atoms with Gasteiger partial charge in [-0.1, -0.05) is 49.6 Å². The molecule has 4 rings (SSSR count). The smallest absolute Gasteiger partial charge is 0.128 e. The van der Waals surface area contributed by atoms with Crippen molar-refractivity contribution in [3.63, 3.8) is 0 Å². The number of aryl methyl sites for hydroxylation is 1. The van der Waals surface area contributed by atoms with E-state index in [1.165, 1.54) is 24.8 Å². The second kappa shape index (κ2) is 9.09. The van der Waals surface area contributed by atoms with Gasteiger partial charge in [0.05, 0.1) is 11.9 Å². The van der Waals surface area contributed by atoms with Gasteiger partial charge in [0.25, 0.3) is 0 Å². The maximum absolute atomic E-state index is 9.57. The number of nitrogens with one attached hydrogen (secondary N) is 1. The normalized spacial score (nSPS) is 13.6. The quantitative estimate of drug-likeness (QED) is 0.445. The molecule has 1 aliphatic heterocycles. The molecule has 0 amide bonds. The highest BCUT2D eigenvalue weighted by atomic mass is 16.3. The number of hydrogen-bond donors (Lipinski definition) is 2. The number of aliphatic hydroxyl groups excluding tert-OH is 1. The van der Waals surface area contributed by atoms with E-state index in [0.29, 0.717) is 0 Å². The van der Waals surface area contributed by atoms with Crippen molar-refractivity contribution in [3.05, 3.63) is 90.6 Å². The molecule has 1 saturated heterocycles. The van der Waals surface area contributed by atoms with Crippen molar-refractivity contribution in [2.45, 2.75) is 26.2 Å². The van der Waals surface area contributed by atoms with E-state index in [-0.39, 0.29) is 5.76 Å². The minimum Gasteiger partial charge on any atom is -0.508 e. The van der Waals surface area contributed by atoms with Gasteiger partial charge in [0.15, 0.2) is 0 Å². The van der Waals surface area contributed by atoms with Crippen LogP contribution >= 0.6 is 0 Å². The van der Waals surface area contributed by atoms with Crippen molar-refractivity contribution in [2.75, 3.05) is 23.3 Å². The minimum absolute atomic E-state index is 0.0783. The second-order valence-electron chi connectivity index (χ2n) is 8.11. The predicted molar refractivity (Wildman–Crippen MR) is 131 cm³/mol. The average molecular weight is 412 g/mol. The summed E-state index contributed by atoms with van der Waals surface area (Å²) in [5, 5.41) is 13.0. The first-order valence-electron chi connectivity index (χ1n) is 10.8. The van der Waals surface area contributed by atoms with Gasteiger partial charge in [-0.2, -0.15) is 0 Å². The Bertz CT molecular complexity index is 1080. The van der Waals surface area contributed by atoms with Crippen LogP contribution in [-0.4, -0.2) is 23.2 Å². The van der Waals surface area contributed by atoms with Crippen molar-refractivity contribution >= 4 is 23.0 Å². The number of hydrogen-bond acceptors (Lipinski definition) is 4. The Morgan fingerprint density at radius 3 is 2.29 bits per heavy atom. The molecule has 0 spiro atoms. The number of piperidine rings is 1. The topological polar surface area (TPSA) is 48.4 Å². The highest BCUT2D eigenvalue weighted by molar-refractivity contribution is 5.80. The maximum Gasteiger partial charge on any atom is 0.128 e. The van der Waals surface area contributed by atoms with Gasteiger partial charge >= 0.3 is 0 Å². The fourth-order valence-electron chi connectivity index (χ4n) is 3.98. The van der Waals surface area contributed by atoms with Crippen LogP contribution in [-0.2, 0) is 0 Å². The molecular weight excluding hydrogens is 382 g/mol. The Balaban J connectivity index is 1.49. The van der Waals surface area contributed by atoms with E-state index in [1.807, 2.05) is 30.5 Å². The molecule has 0 radical (unpaired) electrons. The lowest BCUT2D eigenvalue weighted by atomic mass is 9.96. The van der Waals surface area contributed by atoms with Crippen LogP contribution in [0.15, 0.2) is 74.0 Å². The molecule has 1 aliphatic rings. The fraction of sp³-hybridized carbons (Fsp3) is 0.222. The summed E-state index contributed by atoms with van der Waals surface area (Å²) < 4.78 is 0. The largest absolute Gasteiger partial charge is 0.508 e. The molecule has 3 aromatic rings. The standard InChI is InChI=1S/C27H29N3O/c1-19-7-8-24(17-26(19)23-11-9-22(10-12-23)21(3)31)20(2)29-25-13-14-27(28-18-25)30-15-5-4-6-16-30/h7-14,17-18,29,31H,2-6,15-16H2,1H3. The van der Waals surface area contributed by atoms with Gasteiger partial charge in [-0.15, -0.1) is 0 Å². The molecule has 4 heteroatoms. The fourth-order valence-corrected chi connectivity index (χ4v) is 3.98. The molecule has 0 aliphatic carbocycles. The Kier molecular flexibility index (Phi) is 6.08. The number of anilines is 2. The number of rotatable bonds is 6. The third-order valence-electron chi connectivity index (χ3n) is 5.84. The molecule has 1 aromatic heterocycles. The van der Waals surface area contributed by atoms with Gasteiger partial charge in [-0.3, -0.25) is 0 Å². The maximum atomic E-state index is 9.57. The van der Waals surface area contributed by atoms with Gasteiger partial charge in [-0.05, 0) is 66.6 Å². The summed E-state index contributed by atoms with van der Waals surface area (Å²) in [5.74, 6) is 1.12. The first-order chi connectivity index (χ1) is 15.0. The van der Waals surface area contributed by atoms with E-state index in [0.717, 1.165) is 52.5 Å². The minimum atomic E-state index is 0.0783. The highest BCUT2D eigenvalue weighted by Crippen LogP contribution is 2.29. The Labute approximate surface area is 184 Å². The highest BCUT2D eigenvalue weighted by Gasteiger charge is 2.12. The summed E-state index contributed by atoms with van der Waals surface area (Å²) in [7, 11) is 0. The molecule has 0 unspecified atom stereocenters. The SMILES string of the molecule is C=C(O)c1ccc(-c2cc(C(=C)Nc3ccc(N4CCCCC4)nc3)ccc2C)cc1. The zero-order chi connectivity index (χ0) is 21.8. The summed E-state index contributed by atoms with van der Waals surface area (Å²) in [5.41, 5.74) is 6.91. The van der Waals surface area contributed by atoms with Crippen molar-refractivity contribution < 1.29 is 5.11 Å². The molecule has 0 atom stereocenters. The van der Waals surface area contributed by atoms with Crippen LogP contribution in [0.25, 0.3) is 22.6 Å². The lowest BCUT2D eigenvalue weighted by Gasteiger charge is -2.27. The van der Waals surface area contributed by atoms with Gasteiger partial charge in [0.1, 0.15) is 11.6 Å². The third-order valence-corrected chi connectivity index (χ3v) is 5.84. The van der Waals surface area contributed by atoms with Crippen LogP contribution in [0.2, 0.25) is 0 Å². The van der Waals surface area contributed by atoms with Crippen molar-refractivity contribution in [3.8, 4) is 11.1 Å². The van der Waals surface area contributed by atoms with Crippen LogP contribution < -0.4 is 10.2 Å². The monoisotopic (exact) mass is 411 g/mol. The zero-order valence-corrected chi connectivity index (χ0v) is 18.1. The van der Waals surface area contributed by atoms with Crippen LogP contribution in [0.4, 0.5) is 11.5 Å². The van der Waals surface area contributed by atoms with E-state index in [9.17, 15) is 5.11 Å². The van der Waals surface area contributed by atoms with Gasteiger partial charge in [-0.25, -0.2) is 4.98 Å². The molecule has 2 aromatic carbocycles. The summed E-state index contributed by atoms with van der Waals surface area (Å²) in [4.78, 5) is 7.00. The first kappa shape index (κ1) is 20.7. The molecular formula is C27H29N3O. The number of benzene rings is 2. The summed E-state index contributed by atoms with van der Waals surface area (Å²) in [6.45, 7) is 12.1. The summed E-state index contributed by atoms with van der Waals surface area (Å²) in [6.07, 6.45) is 5.68. The molecule has 0 bridgehead atoms. The zero-order valence-electron chi connectivity index (χ0n) is 18.1. The molecule has 1 fully saturated rings.